The zero-order valence-electron chi connectivity index (χ0n) is 7.51. The number of hydrogen-bond acceptors (Lipinski definition) is 4. The van der Waals surface area contributed by atoms with Crippen molar-refractivity contribution < 1.29 is 20.2 Å². The summed E-state index contributed by atoms with van der Waals surface area (Å²) in [6, 6.07) is -0.699. The second kappa shape index (κ2) is 7.29. The molecule has 0 bridgehead atoms. The van der Waals surface area contributed by atoms with Crippen molar-refractivity contribution in [3.8, 4) is 0 Å². The Kier molecular flexibility index (Phi) is 7.94. The molecule has 7 heteroatoms. The Morgan fingerprint density at radius 3 is 2.08 bits per heavy atom. The minimum Gasteiger partial charge on any atom is -0.480 e. The summed E-state index contributed by atoms with van der Waals surface area (Å²) < 4.78 is 0. The van der Waals surface area contributed by atoms with Gasteiger partial charge in [0.05, 0.1) is 0 Å². The lowest BCUT2D eigenvalue weighted by Gasteiger charge is -2.11. The molecule has 0 aromatic rings. The summed E-state index contributed by atoms with van der Waals surface area (Å²) in [5.74, 6) is -0.841. The maximum absolute atomic E-state index is 10.2. The van der Waals surface area contributed by atoms with Crippen LogP contribution in [-0.4, -0.2) is 27.4 Å². The van der Waals surface area contributed by atoms with Crippen molar-refractivity contribution in [1.29, 1.82) is 0 Å². The molecule has 1 unspecified atom stereocenters. The minimum atomic E-state index is -1.50. The zero-order valence-corrected chi connectivity index (χ0v) is 7.51. The van der Waals surface area contributed by atoms with Crippen molar-refractivity contribution in [3.05, 3.63) is 10.1 Å². The summed E-state index contributed by atoms with van der Waals surface area (Å²) in [5, 5.41) is 22.0. The molecule has 2 atom stereocenters. The lowest BCUT2D eigenvalue weighted by Crippen LogP contribution is -2.36. The molecule has 0 rings (SSSR count). The largest absolute Gasteiger partial charge is 0.480 e. The normalized spacial score (nSPS) is 13.5. The van der Waals surface area contributed by atoms with E-state index in [0.717, 1.165) is 6.42 Å². The van der Waals surface area contributed by atoms with Crippen LogP contribution in [0.5, 0.6) is 0 Å². The molecular weight excluding hydrogens is 180 g/mol. The molecule has 7 nitrogen and oxygen atoms in total. The summed E-state index contributed by atoms with van der Waals surface area (Å²) >= 11 is 0. The van der Waals surface area contributed by atoms with Gasteiger partial charge in [-0.05, 0) is 5.92 Å². The van der Waals surface area contributed by atoms with Crippen LogP contribution in [0.25, 0.3) is 0 Å². The SMILES string of the molecule is CCC(C)[C@H](N)C(=O)O.O=[N+]([O-])O. The summed E-state index contributed by atoms with van der Waals surface area (Å²) in [6.45, 7) is 3.76. The summed E-state index contributed by atoms with van der Waals surface area (Å²) in [5.41, 5.74) is 5.27. The second-order valence-electron chi connectivity index (χ2n) is 2.49. The van der Waals surface area contributed by atoms with Crippen molar-refractivity contribution in [2.75, 3.05) is 0 Å². The third-order valence-electron chi connectivity index (χ3n) is 1.54. The van der Waals surface area contributed by atoms with Crippen LogP contribution in [0.15, 0.2) is 0 Å². The average Bonchev–Trinajstić information content (AvgIpc) is 2.00. The van der Waals surface area contributed by atoms with Crippen LogP contribution in [0, 0.1) is 16.0 Å². The van der Waals surface area contributed by atoms with Gasteiger partial charge in [-0.1, -0.05) is 20.3 Å². The fourth-order valence-electron chi connectivity index (χ4n) is 0.497. The first-order valence-corrected chi connectivity index (χ1v) is 3.64. The first kappa shape index (κ1) is 14.2. The Bertz CT molecular complexity index is 168. The van der Waals surface area contributed by atoms with E-state index in [0.29, 0.717) is 0 Å². The minimum absolute atomic E-state index is 0.0718. The molecule has 0 aliphatic rings. The second-order valence-corrected chi connectivity index (χ2v) is 2.49. The molecule has 4 N–H and O–H groups in total. The number of carboxylic acid groups (broad SMARTS) is 1. The Labute approximate surface area is 75.3 Å². The average molecular weight is 194 g/mol. The van der Waals surface area contributed by atoms with Gasteiger partial charge in [0, 0.05) is 0 Å². The Balaban J connectivity index is 0. The number of aliphatic carboxylic acids is 1. The molecule has 0 fully saturated rings. The van der Waals surface area contributed by atoms with Crippen molar-refractivity contribution in [2.24, 2.45) is 11.7 Å². The van der Waals surface area contributed by atoms with Gasteiger partial charge in [-0.25, -0.2) is 0 Å². The molecule has 0 aromatic heterocycles. The molecule has 0 spiro atoms. The van der Waals surface area contributed by atoms with E-state index in [-0.39, 0.29) is 5.92 Å². The lowest BCUT2D eigenvalue weighted by atomic mass is 10.0. The molecule has 78 valence electrons. The molecule has 0 saturated carbocycles. The van der Waals surface area contributed by atoms with Crippen LogP contribution in [-0.2, 0) is 4.79 Å². The maximum Gasteiger partial charge on any atom is 0.320 e. The number of nitrogens with two attached hydrogens (primary N) is 1. The first-order chi connectivity index (χ1) is 5.82. The van der Waals surface area contributed by atoms with Crippen LogP contribution in [0.4, 0.5) is 0 Å². The monoisotopic (exact) mass is 194 g/mol. The molecule has 0 amide bonds. The van der Waals surface area contributed by atoms with Crippen molar-refractivity contribution in [1.82, 2.24) is 0 Å². The standard InChI is InChI=1S/C6H13NO2.HNO3/c1-3-4(2)5(7)6(8)9;2-1(3)4/h4-5H,3,7H2,1-2H3,(H,8,9);(H,2,3,4)/t4?,5-;/m0./s1. The van der Waals surface area contributed by atoms with Crippen LogP contribution in [0.3, 0.4) is 0 Å². The van der Waals surface area contributed by atoms with Gasteiger partial charge in [0.25, 0.3) is 5.09 Å². The fraction of sp³-hybridized carbons (Fsp3) is 0.833. The molecule has 0 aliphatic carbocycles. The van der Waals surface area contributed by atoms with Gasteiger partial charge < -0.3 is 16.0 Å². The number of carboxylic acids is 1. The van der Waals surface area contributed by atoms with Gasteiger partial charge in [-0.15, -0.1) is 10.1 Å². The van der Waals surface area contributed by atoms with Gasteiger partial charge >= 0.3 is 5.97 Å². The Morgan fingerprint density at radius 2 is 2.00 bits per heavy atom. The Morgan fingerprint density at radius 1 is 1.69 bits per heavy atom. The van der Waals surface area contributed by atoms with E-state index in [1.807, 2.05) is 13.8 Å². The zero-order chi connectivity index (χ0) is 11.0. The molecule has 0 radical (unpaired) electrons. The van der Waals surface area contributed by atoms with Gasteiger partial charge in [0.1, 0.15) is 6.04 Å². The molecule has 0 aromatic carbocycles. The van der Waals surface area contributed by atoms with E-state index in [2.05, 4.69) is 0 Å². The van der Waals surface area contributed by atoms with E-state index >= 15 is 0 Å². The van der Waals surface area contributed by atoms with Crippen LogP contribution in [0.2, 0.25) is 0 Å². The van der Waals surface area contributed by atoms with E-state index in [4.69, 9.17) is 26.2 Å². The maximum atomic E-state index is 10.2. The van der Waals surface area contributed by atoms with E-state index in [9.17, 15) is 4.79 Å². The van der Waals surface area contributed by atoms with Crippen molar-refractivity contribution in [2.45, 2.75) is 26.3 Å². The van der Waals surface area contributed by atoms with Crippen LogP contribution in [0.1, 0.15) is 20.3 Å². The summed E-state index contributed by atoms with van der Waals surface area (Å²) in [6.07, 6.45) is 0.813. The molecule has 0 aliphatic heterocycles. The van der Waals surface area contributed by atoms with E-state index in [1.54, 1.807) is 0 Å². The van der Waals surface area contributed by atoms with E-state index < -0.39 is 17.1 Å². The third-order valence-corrected chi connectivity index (χ3v) is 1.54. The van der Waals surface area contributed by atoms with Crippen molar-refractivity contribution >= 4 is 5.97 Å². The first-order valence-electron chi connectivity index (χ1n) is 3.64. The fourth-order valence-corrected chi connectivity index (χ4v) is 0.497. The number of carbonyl (C=O) groups is 1. The predicted octanol–water partition coefficient (Wildman–Crippen LogP) is 0.0967. The number of nitrogens with zero attached hydrogens (tertiary/aromatic N) is 1. The highest BCUT2D eigenvalue weighted by atomic mass is 16.9. The van der Waals surface area contributed by atoms with Gasteiger partial charge in [0.15, 0.2) is 0 Å². The highest BCUT2D eigenvalue weighted by Crippen LogP contribution is 2.04. The molecule has 13 heavy (non-hydrogen) atoms. The molecular formula is C6H14N2O5. The smallest absolute Gasteiger partial charge is 0.320 e. The molecule has 0 heterocycles. The highest BCUT2D eigenvalue weighted by molar-refractivity contribution is 5.73. The van der Waals surface area contributed by atoms with Crippen LogP contribution < -0.4 is 5.73 Å². The van der Waals surface area contributed by atoms with Gasteiger partial charge in [-0.3, -0.25) is 4.79 Å². The third kappa shape index (κ3) is 10.6. The topological polar surface area (TPSA) is 127 Å². The Hall–Kier alpha value is -1.37. The summed E-state index contributed by atoms with van der Waals surface area (Å²) in [7, 11) is 0. The summed E-state index contributed by atoms with van der Waals surface area (Å²) in [4.78, 5) is 18.5. The molecule has 0 saturated heterocycles. The number of rotatable bonds is 3. The van der Waals surface area contributed by atoms with E-state index in [1.165, 1.54) is 0 Å². The highest BCUT2D eigenvalue weighted by Gasteiger charge is 2.17. The van der Waals surface area contributed by atoms with Crippen LogP contribution >= 0.6 is 0 Å². The lowest BCUT2D eigenvalue weighted by molar-refractivity contribution is -0.742. The number of hydrogen-bond donors (Lipinski definition) is 3. The van der Waals surface area contributed by atoms with Crippen molar-refractivity contribution in [3.63, 3.8) is 0 Å². The quantitative estimate of drug-likeness (QED) is 0.431. The predicted molar refractivity (Wildman–Crippen MR) is 43.8 cm³/mol. The van der Waals surface area contributed by atoms with Gasteiger partial charge in [0.2, 0.25) is 0 Å². The van der Waals surface area contributed by atoms with Gasteiger partial charge in [-0.2, -0.15) is 0 Å².